The van der Waals surface area contributed by atoms with Gasteiger partial charge in [-0.25, -0.2) is 18.2 Å². The highest BCUT2D eigenvalue weighted by atomic mass is 32.2. The van der Waals surface area contributed by atoms with Gasteiger partial charge in [0.1, 0.15) is 11.0 Å². The Bertz CT molecular complexity index is 1630. The normalized spacial score (nSPS) is 14.4. The highest BCUT2D eigenvalue weighted by Crippen LogP contribution is 2.20. The molecule has 0 fully saturated rings. The molecule has 3 amide bonds. The quantitative estimate of drug-likeness (QED) is 0.0811. The topological polar surface area (TPSA) is 174 Å². The van der Waals surface area contributed by atoms with Crippen LogP contribution in [0.2, 0.25) is 0 Å². The molecule has 3 rings (SSSR count). The van der Waals surface area contributed by atoms with Gasteiger partial charge in [-0.3, -0.25) is 4.79 Å². The Morgan fingerprint density at radius 2 is 1.74 bits per heavy atom. The van der Waals surface area contributed by atoms with Gasteiger partial charge in [-0.1, -0.05) is 81.7 Å². The minimum absolute atomic E-state index is 0.0142. The van der Waals surface area contributed by atoms with Gasteiger partial charge in [0.15, 0.2) is 0 Å². The number of hydrogen-bond donors (Lipinski definition) is 4. The van der Waals surface area contributed by atoms with Crippen LogP contribution in [0.25, 0.3) is 0 Å². The van der Waals surface area contributed by atoms with Gasteiger partial charge in [-0.15, -0.1) is 11.3 Å². The minimum Gasteiger partial charge on any atom is -0.411 e. The molecule has 0 saturated heterocycles. The number of hydrogen-bond acceptors (Lipinski definition) is 10. The van der Waals surface area contributed by atoms with Gasteiger partial charge in [-0.05, 0) is 41.5 Å². The van der Waals surface area contributed by atoms with E-state index in [2.05, 4.69) is 20.8 Å². The maximum absolute atomic E-state index is 14.0. The van der Waals surface area contributed by atoms with Gasteiger partial charge >= 0.3 is 6.03 Å². The van der Waals surface area contributed by atoms with E-state index in [-0.39, 0.29) is 42.8 Å². The minimum atomic E-state index is -4.06. The van der Waals surface area contributed by atoms with Crippen LogP contribution in [0, 0.1) is 11.8 Å². The third kappa shape index (κ3) is 11.9. The van der Waals surface area contributed by atoms with E-state index < -0.39 is 40.1 Å². The van der Waals surface area contributed by atoms with E-state index in [4.69, 9.17) is 9.94 Å². The van der Waals surface area contributed by atoms with Crippen molar-refractivity contribution in [2.24, 2.45) is 17.0 Å². The van der Waals surface area contributed by atoms with Crippen molar-refractivity contribution in [1.82, 2.24) is 24.8 Å². The fraction of sp³-hybridized carbons (Fsp3) is 0.486. The molecule has 2 unspecified atom stereocenters. The van der Waals surface area contributed by atoms with Crippen molar-refractivity contribution in [3.05, 3.63) is 81.8 Å². The van der Waals surface area contributed by atoms with E-state index in [1.165, 1.54) is 51.0 Å². The number of methoxy groups -OCH3 is 1. The first-order valence-corrected chi connectivity index (χ1v) is 18.8. The molecular formula is C35H50N6O7S2. The van der Waals surface area contributed by atoms with Gasteiger partial charge < -0.3 is 30.6 Å². The summed E-state index contributed by atoms with van der Waals surface area (Å²) in [6.45, 7) is 7.97. The Balaban J connectivity index is 1.85. The lowest BCUT2D eigenvalue weighted by molar-refractivity contribution is -0.125. The highest BCUT2D eigenvalue weighted by Gasteiger charge is 2.34. The van der Waals surface area contributed by atoms with E-state index in [9.17, 15) is 23.1 Å². The number of aliphatic hydroxyl groups excluding tert-OH is 1. The molecule has 0 saturated carbocycles. The maximum atomic E-state index is 14.0. The summed E-state index contributed by atoms with van der Waals surface area (Å²) in [5.41, 5.74) is 2.04. The van der Waals surface area contributed by atoms with Crippen molar-refractivity contribution >= 4 is 39.5 Å². The summed E-state index contributed by atoms with van der Waals surface area (Å²) in [6, 6.07) is 12.9. The van der Waals surface area contributed by atoms with Gasteiger partial charge in [0.25, 0.3) is 0 Å². The van der Waals surface area contributed by atoms with Crippen LogP contribution >= 0.6 is 11.3 Å². The summed E-state index contributed by atoms with van der Waals surface area (Å²) in [7, 11) is -0.856. The summed E-state index contributed by atoms with van der Waals surface area (Å²) in [6.07, 6.45) is 0.683. The summed E-state index contributed by atoms with van der Waals surface area (Å²) in [4.78, 5) is 33.2. The molecule has 50 heavy (non-hydrogen) atoms. The van der Waals surface area contributed by atoms with Crippen molar-refractivity contribution < 1.29 is 33.1 Å². The molecule has 0 spiro atoms. The number of aromatic nitrogens is 1. The van der Waals surface area contributed by atoms with Gasteiger partial charge in [0, 0.05) is 32.6 Å². The number of nitrogens with one attached hydrogen (secondary N) is 2. The number of benzene rings is 2. The Labute approximate surface area is 299 Å². The largest absolute Gasteiger partial charge is 0.411 e. The number of rotatable bonds is 19. The van der Waals surface area contributed by atoms with Gasteiger partial charge in [0.2, 0.25) is 15.9 Å². The predicted octanol–water partition coefficient (Wildman–Crippen LogP) is 4.09. The van der Waals surface area contributed by atoms with Gasteiger partial charge in [0.05, 0.1) is 42.1 Å². The first-order chi connectivity index (χ1) is 23.8. The van der Waals surface area contributed by atoms with Crippen molar-refractivity contribution in [2.75, 3.05) is 27.2 Å². The fourth-order valence-corrected chi connectivity index (χ4v) is 7.63. The van der Waals surface area contributed by atoms with Crippen molar-refractivity contribution in [3.63, 3.8) is 0 Å². The Hall–Kier alpha value is -3.89. The Kier molecular flexibility index (Phi) is 15.8. The molecule has 13 nitrogen and oxygen atoms in total. The molecular weight excluding hydrogens is 681 g/mol. The molecule has 1 heterocycles. The number of carbonyl (C=O) groups excluding carboxylic acids is 2. The van der Waals surface area contributed by atoms with Crippen LogP contribution in [-0.2, 0) is 39.1 Å². The smallest absolute Gasteiger partial charge is 0.318 e. The monoisotopic (exact) mass is 730 g/mol. The lowest BCUT2D eigenvalue weighted by Crippen LogP contribution is -2.58. The molecule has 4 atom stereocenters. The van der Waals surface area contributed by atoms with Crippen molar-refractivity contribution in [2.45, 2.75) is 76.8 Å². The lowest BCUT2D eigenvalue weighted by Gasteiger charge is -2.33. The van der Waals surface area contributed by atoms with Crippen molar-refractivity contribution in [1.29, 1.82) is 0 Å². The van der Waals surface area contributed by atoms with E-state index >= 15 is 0 Å². The number of sulfonamides is 1. The standard InChI is InChI=1S/C35H50N6O7S2/c1-7-25(4)33(39-35(44)40(5)20-28-23-49-32(37-28)22-48-6)34(43)38-30(17-26-11-9-8-10-12-26)31(42)21-41(19-24(2)3)50(46,47)29-15-13-27(14-16-29)18-36-45/h8-16,18,23-25,30-31,33,42,45H,7,17,19-22H2,1-6H3,(H,38,43)(H,39,44)/b36-18+/t25?,30-,31+,33?/m0/s1. The van der Waals surface area contributed by atoms with Crippen LogP contribution in [0.4, 0.5) is 4.79 Å². The number of ether oxygens (including phenoxy) is 1. The lowest BCUT2D eigenvalue weighted by atomic mass is 9.96. The average molecular weight is 731 g/mol. The third-order valence-corrected chi connectivity index (χ3v) is 10.9. The second-order valence-corrected chi connectivity index (χ2v) is 15.6. The number of urea groups is 1. The molecule has 274 valence electrons. The molecule has 0 radical (unpaired) electrons. The zero-order valence-corrected chi connectivity index (χ0v) is 31.2. The fourth-order valence-electron chi connectivity index (χ4n) is 5.25. The summed E-state index contributed by atoms with van der Waals surface area (Å²) < 4.78 is 34.0. The van der Waals surface area contributed by atoms with E-state index in [0.29, 0.717) is 24.3 Å². The first-order valence-electron chi connectivity index (χ1n) is 16.5. The second-order valence-electron chi connectivity index (χ2n) is 12.7. The van der Waals surface area contributed by atoms with Crippen LogP contribution in [0.15, 0.2) is 70.0 Å². The van der Waals surface area contributed by atoms with E-state index in [1.54, 1.807) is 14.2 Å². The van der Waals surface area contributed by atoms with Crippen LogP contribution in [-0.4, -0.2) is 96.5 Å². The van der Waals surface area contributed by atoms with Crippen LogP contribution in [0.1, 0.15) is 55.9 Å². The predicted molar refractivity (Wildman–Crippen MR) is 194 cm³/mol. The molecule has 0 aliphatic heterocycles. The Morgan fingerprint density at radius 3 is 2.34 bits per heavy atom. The SMILES string of the molecule is CCC(C)C(NC(=O)N(C)Cc1csc(COC)n1)C(=O)N[C@@H](Cc1ccccc1)[C@H](O)CN(CC(C)C)S(=O)(=O)c1ccc(/C=N/O)cc1. The highest BCUT2D eigenvalue weighted by molar-refractivity contribution is 7.89. The number of amides is 3. The maximum Gasteiger partial charge on any atom is 0.318 e. The van der Waals surface area contributed by atoms with Crippen LogP contribution in [0.3, 0.4) is 0 Å². The van der Waals surface area contributed by atoms with E-state index in [1.807, 2.05) is 63.4 Å². The molecule has 2 aromatic carbocycles. The molecule has 4 N–H and O–H groups in total. The molecule has 0 aliphatic rings. The molecule has 0 aliphatic carbocycles. The molecule has 15 heteroatoms. The zero-order chi connectivity index (χ0) is 36.8. The van der Waals surface area contributed by atoms with Crippen molar-refractivity contribution in [3.8, 4) is 0 Å². The second kappa shape index (κ2) is 19.5. The first kappa shape index (κ1) is 40.5. The number of carbonyl (C=O) groups is 2. The molecule has 1 aromatic heterocycles. The average Bonchev–Trinajstić information content (AvgIpc) is 3.53. The van der Waals surface area contributed by atoms with Crippen LogP contribution < -0.4 is 10.6 Å². The number of aliphatic hydroxyl groups is 1. The molecule has 0 bridgehead atoms. The number of thiazole rings is 1. The van der Waals surface area contributed by atoms with E-state index in [0.717, 1.165) is 10.6 Å². The van der Waals surface area contributed by atoms with Crippen LogP contribution in [0.5, 0.6) is 0 Å². The summed E-state index contributed by atoms with van der Waals surface area (Å²) in [5.74, 6) is -0.819. The Morgan fingerprint density at radius 1 is 1.06 bits per heavy atom. The number of nitrogens with zero attached hydrogens (tertiary/aromatic N) is 4. The summed E-state index contributed by atoms with van der Waals surface area (Å²) >= 11 is 1.44. The number of oxime groups is 1. The zero-order valence-electron chi connectivity index (χ0n) is 29.5. The molecule has 3 aromatic rings. The van der Waals surface area contributed by atoms with Gasteiger partial charge in [-0.2, -0.15) is 4.31 Å². The summed E-state index contributed by atoms with van der Waals surface area (Å²) in [5, 5.41) is 32.0. The third-order valence-electron chi connectivity index (χ3n) is 8.16.